The molecule has 2 heterocycles. The molecule has 6 nitrogen and oxygen atoms in total. The Hall–Kier alpha value is -2.76. The topological polar surface area (TPSA) is 77.7 Å². The summed E-state index contributed by atoms with van der Waals surface area (Å²) < 4.78 is 7.55. The molecule has 0 N–H and O–H groups in total. The normalized spacial score (nSPS) is 18.0. The number of fused-ring (bicyclic) bond motifs is 3. The third-order valence-electron chi connectivity index (χ3n) is 5.46. The van der Waals surface area contributed by atoms with Gasteiger partial charge in [0, 0.05) is 29.0 Å². The number of ether oxygens (including phenoxy) is 1. The van der Waals surface area contributed by atoms with E-state index in [0.29, 0.717) is 5.92 Å². The maximum atomic E-state index is 12.4. The molecule has 1 atom stereocenters. The van der Waals surface area contributed by atoms with Crippen molar-refractivity contribution < 1.29 is 9.53 Å². The van der Waals surface area contributed by atoms with Crippen LogP contribution < -0.4 is 10.2 Å². The quantitative estimate of drug-likeness (QED) is 0.784. The first kappa shape index (κ1) is 16.7. The van der Waals surface area contributed by atoms with Crippen molar-refractivity contribution in [1.82, 2.24) is 4.57 Å². The van der Waals surface area contributed by atoms with Gasteiger partial charge < -0.3 is 9.30 Å². The highest BCUT2D eigenvalue weighted by Crippen LogP contribution is 2.48. The molecule has 1 saturated carbocycles. The number of rotatable bonds is 4. The van der Waals surface area contributed by atoms with Crippen LogP contribution in [0.15, 0.2) is 34.4 Å². The molecular weight excluding hydrogens is 332 g/mol. The van der Waals surface area contributed by atoms with E-state index in [0.717, 1.165) is 48.3 Å². The lowest BCUT2D eigenvalue weighted by Crippen LogP contribution is -2.25. The molecule has 0 bridgehead atoms. The largest absolute Gasteiger partial charge is 0.496 e. The number of nitrogens with zero attached hydrogens (tertiary/aromatic N) is 2. The van der Waals surface area contributed by atoms with E-state index in [1.54, 1.807) is 7.11 Å². The molecule has 0 saturated heterocycles. The maximum absolute atomic E-state index is 12.4. The molecule has 26 heavy (non-hydrogen) atoms. The summed E-state index contributed by atoms with van der Waals surface area (Å²) in [6, 6.07) is 5.78. The Balaban J connectivity index is 1.95. The number of nitroso groups, excluding NO2 is 1. The van der Waals surface area contributed by atoms with Gasteiger partial charge in [-0.25, -0.2) is 0 Å². The molecule has 1 fully saturated rings. The third-order valence-corrected chi connectivity index (χ3v) is 5.46. The standard InChI is InChI=1S/C20H20N2O4/c1-3-13-6-12-7-19(26-2)15(11-4-5-11)8-14(12)17-9-18(23)16(10-22(13)17)20(24)21-25/h7-11,13H,3-6H2,1-2H3. The Morgan fingerprint density at radius 1 is 1.31 bits per heavy atom. The van der Waals surface area contributed by atoms with Crippen LogP contribution in [0.1, 0.15) is 59.6 Å². The van der Waals surface area contributed by atoms with Gasteiger partial charge in [-0.2, -0.15) is 0 Å². The van der Waals surface area contributed by atoms with Gasteiger partial charge >= 0.3 is 5.91 Å². The predicted octanol–water partition coefficient (Wildman–Crippen LogP) is 3.82. The molecule has 4 rings (SSSR count). The number of amides is 1. The van der Waals surface area contributed by atoms with E-state index >= 15 is 0 Å². The van der Waals surface area contributed by atoms with Gasteiger partial charge in [-0.15, -0.1) is 4.91 Å². The van der Waals surface area contributed by atoms with Crippen molar-refractivity contribution in [3.8, 4) is 17.0 Å². The van der Waals surface area contributed by atoms with Crippen LogP contribution >= 0.6 is 0 Å². The van der Waals surface area contributed by atoms with Crippen molar-refractivity contribution in [2.24, 2.45) is 5.18 Å². The van der Waals surface area contributed by atoms with Crippen molar-refractivity contribution >= 4 is 5.91 Å². The highest BCUT2D eigenvalue weighted by molar-refractivity contribution is 5.94. The van der Waals surface area contributed by atoms with Crippen molar-refractivity contribution in [3.05, 3.63) is 56.2 Å². The van der Waals surface area contributed by atoms with E-state index in [2.05, 4.69) is 24.2 Å². The van der Waals surface area contributed by atoms with Crippen molar-refractivity contribution in [2.45, 2.75) is 44.6 Å². The molecule has 2 aliphatic rings. The molecule has 1 amide bonds. The summed E-state index contributed by atoms with van der Waals surface area (Å²) >= 11 is 0. The summed E-state index contributed by atoms with van der Waals surface area (Å²) in [6.45, 7) is 2.06. The third kappa shape index (κ3) is 2.57. The zero-order valence-electron chi connectivity index (χ0n) is 14.8. The molecule has 1 aliphatic heterocycles. The zero-order chi connectivity index (χ0) is 18.4. The minimum absolute atomic E-state index is 0.104. The first-order chi connectivity index (χ1) is 12.6. The van der Waals surface area contributed by atoms with Crippen LogP contribution in [0.3, 0.4) is 0 Å². The molecular formula is C20H20N2O4. The van der Waals surface area contributed by atoms with Crippen LogP contribution in [0.2, 0.25) is 0 Å². The number of methoxy groups -OCH3 is 1. The summed E-state index contributed by atoms with van der Waals surface area (Å²) in [6.07, 6.45) is 5.42. The van der Waals surface area contributed by atoms with E-state index < -0.39 is 11.3 Å². The van der Waals surface area contributed by atoms with Crippen molar-refractivity contribution in [1.29, 1.82) is 0 Å². The number of aromatic nitrogens is 1. The number of carbonyl (C=O) groups is 1. The van der Waals surface area contributed by atoms with Gasteiger partial charge in [0.2, 0.25) is 0 Å². The Labute approximate surface area is 150 Å². The smallest absolute Gasteiger partial charge is 0.322 e. The Morgan fingerprint density at radius 3 is 2.69 bits per heavy atom. The van der Waals surface area contributed by atoms with Crippen LogP contribution in [-0.4, -0.2) is 17.6 Å². The fourth-order valence-electron chi connectivity index (χ4n) is 3.91. The lowest BCUT2D eigenvalue weighted by atomic mass is 9.88. The van der Waals surface area contributed by atoms with Gasteiger partial charge in [-0.05, 0) is 54.9 Å². The zero-order valence-corrected chi connectivity index (χ0v) is 14.8. The minimum atomic E-state index is -1.01. The fourth-order valence-corrected chi connectivity index (χ4v) is 3.91. The summed E-state index contributed by atoms with van der Waals surface area (Å²) in [4.78, 5) is 34.7. The predicted molar refractivity (Wildman–Crippen MR) is 97.8 cm³/mol. The molecule has 6 heteroatoms. The van der Waals surface area contributed by atoms with E-state index in [4.69, 9.17) is 4.74 Å². The number of pyridine rings is 1. The SMILES string of the molecule is CCC1Cc2cc(OC)c(C3CC3)cc2-c2cc(=O)c(C(=O)N=O)cn21. The van der Waals surface area contributed by atoms with Gasteiger partial charge in [0.05, 0.1) is 12.8 Å². The van der Waals surface area contributed by atoms with Crippen LogP contribution in [0.4, 0.5) is 0 Å². The number of hydrogen-bond acceptors (Lipinski definition) is 4. The van der Waals surface area contributed by atoms with Gasteiger partial charge in [-0.3, -0.25) is 9.59 Å². The van der Waals surface area contributed by atoms with Crippen LogP contribution in [-0.2, 0) is 6.42 Å². The highest BCUT2D eigenvalue weighted by Gasteiger charge is 2.31. The highest BCUT2D eigenvalue weighted by atomic mass is 16.5. The second kappa shape index (κ2) is 6.20. The van der Waals surface area contributed by atoms with Gasteiger partial charge in [0.15, 0.2) is 5.43 Å². The summed E-state index contributed by atoms with van der Waals surface area (Å²) in [5.41, 5.74) is 3.48. The second-order valence-electron chi connectivity index (χ2n) is 7.03. The van der Waals surface area contributed by atoms with E-state index in [9.17, 15) is 14.5 Å². The number of hydrogen-bond donors (Lipinski definition) is 0. The molecule has 0 radical (unpaired) electrons. The lowest BCUT2D eigenvalue weighted by Gasteiger charge is -2.31. The molecule has 1 unspecified atom stereocenters. The van der Waals surface area contributed by atoms with Crippen molar-refractivity contribution in [3.63, 3.8) is 0 Å². The fraction of sp³-hybridized carbons (Fsp3) is 0.400. The summed E-state index contributed by atoms with van der Waals surface area (Å²) in [5, 5.41) is 2.41. The number of benzene rings is 1. The molecule has 0 spiro atoms. The average molecular weight is 352 g/mol. The van der Waals surface area contributed by atoms with Crippen LogP contribution in [0, 0.1) is 4.91 Å². The molecule has 1 aromatic carbocycles. The first-order valence-corrected chi connectivity index (χ1v) is 8.92. The molecule has 1 aromatic heterocycles. The lowest BCUT2D eigenvalue weighted by molar-refractivity contribution is 0.0999. The van der Waals surface area contributed by atoms with Gasteiger partial charge in [0.25, 0.3) is 0 Å². The maximum Gasteiger partial charge on any atom is 0.322 e. The van der Waals surface area contributed by atoms with E-state index in [1.165, 1.54) is 17.8 Å². The molecule has 134 valence electrons. The Bertz CT molecular complexity index is 973. The second-order valence-corrected chi connectivity index (χ2v) is 7.03. The molecule has 2 aromatic rings. The van der Waals surface area contributed by atoms with Gasteiger partial charge in [-0.1, -0.05) is 6.92 Å². The summed E-state index contributed by atoms with van der Waals surface area (Å²) in [5.74, 6) is 0.410. The monoisotopic (exact) mass is 352 g/mol. The minimum Gasteiger partial charge on any atom is -0.496 e. The van der Waals surface area contributed by atoms with Crippen molar-refractivity contribution in [2.75, 3.05) is 7.11 Å². The van der Waals surface area contributed by atoms with Crippen LogP contribution in [0.5, 0.6) is 5.75 Å². The average Bonchev–Trinajstić information content (AvgIpc) is 3.50. The van der Waals surface area contributed by atoms with Crippen LogP contribution in [0.25, 0.3) is 11.3 Å². The summed E-state index contributed by atoms with van der Waals surface area (Å²) in [7, 11) is 1.69. The molecule has 1 aliphatic carbocycles. The Morgan fingerprint density at radius 2 is 2.08 bits per heavy atom. The Kier molecular flexibility index (Phi) is 3.98. The first-order valence-electron chi connectivity index (χ1n) is 8.92. The van der Waals surface area contributed by atoms with E-state index in [-0.39, 0.29) is 11.6 Å². The van der Waals surface area contributed by atoms with E-state index in [1.807, 2.05) is 4.57 Å². The van der Waals surface area contributed by atoms with Gasteiger partial charge in [0.1, 0.15) is 11.3 Å². The number of carbonyl (C=O) groups excluding carboxylic acids is 1.